The Bertz CT molecular complexity index is 1340. The molecule has 0 unspecified atom stereocenters. The topological polar surface area (TPSA) is 49.9 Å². The summed E-state index contributed by atoms with van der Waals surface area (Å²) in [5, 5.41) is 0. The number of ether oxygens (including phenoxy) is 1. The van der Waals surface area contributed by atoms with E-state index in [4.69, 9.17) is 17.0 Å². The Balaban J connectivity index is 1.51. The van der Waals surface area contributed by atoms with Gasteiger partial charge < -0.3 is 9.64 Å². The second kappa shape index (κ2) is 9.37. The third-order valence-electron chi connectivity index (χ3n) is 5.74. The number of hydrogen-bond donors (Lipinski definition) is 0. The van der Waals surface area contributed by atoms with E-state index >= 15 is 0 Å². The lowest BCUT2D eigenvalue weighted by atomic mass is 10.1. The first-order valence-corrected chi connectivity index (χ1v) is 12.5. The molecule has 5 rings (SSSR count). The molecule has 1 saturated heterocycles. The van der Waals surface area contributed by atoms with Gasteiger partial charge in [-0.3, -0.25) is 14.5 Å². The van der Waals surface area contributed by atoms with Crippen molar-refractivity contribution in [2.24, 2.45) is 0 Å². The van der Waals surface area contributed by atoms with Crippen molar-refractivity contribution in [1.29, 1.82) is 0 Å². The van der Waals surface area contributed by atoms with Gasteiger partial charge in [-0.05, 0) is 41.5 Å². The highest BCUT2D eigenvalue weighted by Crippen LogP contribution is 2.46. The van der Waals surface area contributed by atoms with Crippen molar-refractivity contribution in [3.63, 3.8) is 0 Å². The third kappa shape index (κ3) is 4.17. The summed E-state index contributed by atoms with van der Waals surface area (Å²) in [5.41, 5.74) is 3.86. The molecule has 2 heterocycles. The number of rotatable bonds is 5. The summed E-state index contributed by atoms with van der Waals surface area (Å²) in [5.74, 6) is 0.303. The molecule has 5 nitrogen and oxygen atoms in total. The van der Waals surface area contributed by atoms with Gasteiger partial charge in [0.15, 0.2) is 0 Å². The first-order valence-electron chi connectivity index (χ1n) is 10.5. The lowest BCUT2D eigenvalue weighted by Crippen LogP contribution is -2.29. The number of hydrogen-bond acceptors (Lipinski definition) is 5. The third-order valence-corrected chi connectivity index (χ3v) is 7.68. The highest BCUT2D eigenvalue weighted by molar-refractivity contribution is 9.10. The van der Waals surface area contributed by atoms with Crippen LogP contribution in [0.2, 0.25) is 0 Å². The molecule has 2 aliphatic rings. The molecule has 0 bridgehead atoms. The number of thiocarbonyl (C=S) groups is 1. The van der Waals surface area contributed by atoms with Crippen LogP contribution in [0.15, 0.2) is 82.2 Å². The minimum atomic E-state index is -0.248. The average Bonchev–Trinajstić information content (AvgIpc) is 3.27. The highest BCUT2D eigenvalue weighted by atomic mass is 79.9. The summed E-state index contributed by atoms with van der Waals surface area (Å²) >= 11 is 10.2. The number of nitrogens with zero attached hydrogens (tertiary/aromatic N) is 2. The van der Waals surface area contributed by atoms with Crippen molar-refractivity contribution < 1.29 is 14.3 Å². The maximum Gasteiger partial charge on any atom is 0.267 e. The van der Waals surface area contributed by atoms with Gasteiger partial charge in [-0.15, -0.1) is 0 Å². The fraction of sp³-hybridized carbons (Fsp3) is 0.115. The van der Waals surface area contributed by atoms with Crippen LogP contribution in [0.3, 0.4) is 0 Å². The molecule has 3 aromatic carbocycles. The van der Waals surface area contributed by atoms with Gasteiger partial charge in [-0.2, -0.15) is 0 Å². The molecule has 0 atom stereocenters. The monoisotopic (exact) mass is 550 g/mol. The zero-order chi connectivity index (χ0) is 23.8. The van der Waals surface area contributed by atoms with Crippen LogP contribution in [0.4, 0.5) is 5.69 Å². The number of thioether (sulfide) groups is 1. The van der Waals surface area contributed by atoms with Crippen molar-refractivity contribution in [1.82, 2.24) is 4.90 Å². The first-order chi connectivity index (χ1) is 16.5. The number of fused-ring (bicyclic) bond motifs is 1. The minimum Gasteiger partial charge on any atom is -0.497 e. The van der Waals surface area contributed by atoms with E-state index in [0.717, 1.165) is 32.6 Å². The number of halogens is 1. The summed E-state index contributed by atoms with van der Waals surface area (Å²) in [6, 6.07) is 23.0. The van der Waals surface area contributed by atoms with Gasteiger partial charge in [-0.25, -0.2) is 0 Å². The predicted molar refractivity (Wildman–Crippen MR) is 142 cm³/mol. The van der Waals surface area contributed by atoms with Crippen LogP contribution in [-0.2, 0) is 22.7 Å². The molecule has 2 amide bonds. The van der Waals surface area contributed by atoms with Crippen LogP contribution in [0.1, 0.15) is 16.7 Å². The van der Waals surface area contributed by atoms with E-state index in [1.54, 1.807) is 16.9 Å². The largest absolute Gasteiger partial charge is 0.497 e. The number of carbonyl (C=O) groups is 2. The Labute approximate surface area is 215 Å². The molecular formula is C26H19BrN2O3S2. The molecule has 0 saturated carbocycles. The molecule has 8 heteroatoms. The Kier molecular flexibility index (Phi) is 6.29. The van der Waals surface area contributed by atoms with E-state index < -0.39 is 0 Å². The van der Waals surface area contributed by atoms with Crippen LogP contribution in [0, 0.1) is 0 Å². The van der Waals surface area contributed by atoms with E-state index in [1.807, 2.05) is 72.8 Å². The summed E-state index contributed by atoms with van der Waals surface area (Å²) < 4.78 is 6.49. The van der Waals surface area contributed by atoms with Gasteiger partial charge in [0.25, 0.3) is 11.8 Å². The smallest absolute Gasteiger partial charge is 0.267 e. The summed E-state index contributed by atoms with van der Waals surface area (Å²) in [6.07, 6.45) is 0. The molecule has 2 aliphatic heterocycles. The Hall–Kier alpha value is -2.94. The lowest BCUT2D eigenvalue weighted by molar-refractivity contribution is -0.122. The molecule has 1 fully saturated rings. The Morgan fingerprint density at radius 3 is 2.26 bits per heavy atom. The average molecular weight is 551 g/mol. The highest BCUT2D eigenvalue weighted by Gasteiger charge is 2.42. The van der Waals surface area contributed by atoms with Gasteiger partial charge >= 0.3 is 0 Å². The maximum absolute atomic E-state index is 13.7. The quantitative estimate of drug-likeness (QED) is 0.298. The van der Waals surface area contributed by atoms with Gasteiger partial charge in [0.2, 0.25) is 0 Å². The van der Waals surface area contributed by atoms with Crippen molar-refractivity contribution in [3.05, 3.63) is 98.9 Å². The van der Waals surface area contributed by atoms with Gasteiger partial charge in [0.1, 0.15) is 10.1 Å². The van der Waals surface area contributed by atoms with E-state index in [0.29, 0.717) is 27.9 Å². The number of amides is 2. The lowest BCUT2D eigenvalue weighted by Gasteiger charge is -2.17. The fourth-order valence-electron chi connectivity index (χ4n) is 4.05. The molecular weight excluding hydrogens is 532 g/mol. The van der Waals surface area contributed by atoms with Crippen molar-refractivity contribution in [2.75, 3.05) is 12.0 Å². The van der Waals surface area contributed by atoms with Crippen LogP contribution < -0.4 is 9.64 Å². The van der Waals surface area contributed by atoms with Gasteiger partial charge in [0, 0.05) is 10.0 Å². The molecule has 0 spiro atoms. The number of benzene rings is 3. The van der Waals surface area contributed by atoms with Crippen molar-refractivity contribution >= 4 is 67.3 Å². The normalized spacial score (nSPS) is 17.5. The number of anilines is 1. The van der Waals surface area contributed by atoms with Crippen LogP contribution in [0.25, 0.3) is 5.57 Å². The zero-order valence-electron chi connectivity index (χ0n) is 18.2. The van der Waals surface area contributed by atoms with Gasteiger partial charge in [-0.1, -0.05) is 82.4 Å². The van der Waals surface area contributed by atoms with E-state index in [1.165, 1.54) is 11.8 Å². The minimum absolute atomic E-state index is 0.193. The fourth-order valence-corrected chi connectivity index (χ4v) is 5.73. The first kappa shape index (κ1) is 22.8. The molecule has 3 aromatic rings. The van der Waals surface area contributed by atoms with Crippen LogP contribution >= 0.6 is 39.9 Å². The number of methoxy groups -OCH3 is 1. The Morgan fingerprint density at radius 2 is 1.56 bits per heavy atom. The maximum atomic E-state index is 13.7. The second-order valence-corrected chi connectivity index (χ2v) is 10.4. The summed E-state index contributed by atoms with van der Waals surface area (Å²) in [7, 11) is 1.61. The number of carbonyl (C=O) groups excluding carboxylic acids is 2. The molecule has 0 aromatic heterocycles. The van der Waals surface area contributed by atoms with E-state index in [2.05, 4.69) is 15.9 Å². The standard InChI is InChI=1S/C26H19BrN2O3S2/c1-32-19-10-7-17(8-11-19)15-29-25(31)23(34-26(29)33)22-20-13-18(27)9-12-21(20)28(24(22)30)14-16-5-3-2-4-6-16/h2-13H,14-15H2,1H3/b23-22-. The zero-order valence-corrected chi connectivity index (χ0v) is 21.4. The van der Waals surface area contributed by atoms with E-state index in [9.17, 15) is 9.59 Å². The van der Waals surface area contributed by atoms with E-state index in [-0.39, 0.29) is 11.8 Å². The molecule has 0 N–H and O–H groups in total. The predicted octanol–water partition coefficient (Wildman–Crippen LogP) is 5.78. The van der Waals surface area contributed by atoms with Crippen LogP contribution in [0.5, 0.6) is 5.75 Å². The molecule has 34 heavy (non-hydrogen) atoms. The second-order valence-electron chi connectivity index (χ2n) is 7.85. The van der Waals surface area contributed by atoms with Crippen LogP contribution in [-0.4, -0.2) is 28.1 Å². The molecule has 0 aliphatic carbocycles. The molecule has 0 radical (unpaired) electrons. The molecule has 170 valence electrons. The van der Waals surface area contributed by atoms with Gasteiger partial charge in [0.05, 0.1) is 36.4 Å². The Morgan fingerprint density at radius 1 is 0.882 bits per heavy atom. The van der Waals surface area contributed by atoms with Crippen molar-refractivity contribution in [3.8, 4) is 5.75 Å². The summed E-state index contributed by atoms with van der Waals surface area (Å²) in [4.78, 5) is 30.8. The summed E-state index contributed by atoms with van der Waals surface area (Å²) in [6.45, 7) is 0.753. The SMILES string of the molecule is COc1ccc(CN2C(=O)/C(=C3/C(=O)N(Cc4ccccc4)c4ccc(Br)cc43)SC2=S)cc1. The van der Waals surface area contributed by atoms with Crippen molar-refractivity contribution in [2.45, 2.75) is 13.1 Å².